The lowest BCUT2D eigenvalue weighted by Crippen LogP contribution is -2.54. The number of nitrogens with one attached hydrogen (secondary N) is 2. The number of benzene rings is 1. The minimum absolute atomic E-state index is 0.00512. The third-order valence-electron chi connectivity index (χ3n) is 5.13. The number of hydrogen-bond donors (Lipinski definition) is 2. The fourth-order valence-electron chi connectivity index (χ4n) is 3.69. The number of carbonyl (C=O) groups excluding carboxylic acids is 3. The summed E-state index contributed by atoms with van der Waals surface area (Å²) in [5.41, 5.74) is 0.0636. The zero-order valence-electron chi connectivity index (χ0n) is 21.8. The third-order valence-corrected chi connectivity index (χ3v) is 5.78. The minimum Gasteiger partial charge on any atom is -0.444 e. The van der Waals surface area contributed by atoms with Crippen LogP contribution in [0, 0.1) is 0 Å². The highest BCUT2D eigenvalue weighted by atomic mass is 32.2. The summed E-state index contributed by atoms with van der Waals surface area (Å²) in [6.45, 7) is 11.7. The number of thioether (sulfide) groups is 1. The first-order chi connectivity index (χ1) is 16.0. The van der Waals surface area contributed by atoms with Crippen molar-refractivity contribution in [2.45, 2.75) is 91.0 Å². The molecule has 0 saturated heterocycles. The zero-order chi connectivity index (χ0) is 25.7. The summed E-state index contributed by atoms with van der Waals surface area (Å²) in [7, 11) is 0. The highest BCUT2D eigenvalue weighted by Crippen LogP contribution is 2.24. The Morgan fingerprint density at radius 3 is 2.21 bits per heavy atom. The van der Waals surface area contributed by atoms with Gasteiger partial charge in [0.15, 0.2) is 0 Å². The van der Waals surface area contributed by atoms with Crippen molar-refractivity contribution in [2.24, 2.45) is 0 Å². The van der Waals surface area contributed by atoms with Gasteiger partial charge in [0.2, 0.25) is 11.8 Å². The van der Waals surface area contributed by atoms with Gasteiger partial charge in [0.25, 0.3) is 0 Å². The van der Waals surface area contributed by atoms with Crippen LogP contribution in [0.4, 0.5) is 4.79 Å². The Kier molecular flexibility index (Phi) is 13.1. The number of nitrogens with zero attached hydrogens (tertiary/aromatic N) is 1. The molecule has 0 aliphatic heterocycles. The molecule has 0 fully saturated rings. The minimum atomic E-state index is -0.791. The van der Waals surface area contributed by atoms with Crippen LogP contribution in [0.3, 0.4) is 0 Å². The highest BCUT2D eigenvalue weighted by molar-refractivity contribution is 7.98. The number of hydrogen-bond acceptors (Lipinski definition) is 5. The predicted octanol–water partition coefficient (Wildman–Crippen LogP) is 4.92. The van der Waals surface area contributed by atoms with E-state index < -0.39 is 23.8 Å². The lowest BCUT2D eigenvalue weighted by Gasteiger charge is -2.35. The molecule has 192 valence electrons. The molecule has 1 rings (SSSR count). The first-order valence-electron chi connectivity index (χ1n) is 12.2. The fourth-order valence-corrected chi connectivity index (χ4v) is 4.16. The average Bonchev–Trinajstić information content (AvgIpc) is 2.75. The third kappa shape index (κ3) is 10.4. The molecule has 0 aliphatic rings. The summed E-state index contributed by atoms with van der Waals surface area (Å²) in [6, 6.07) is 7.76. The summed E-state index contributed by atoms with van der Waals surface area (Å²) in [5, 5.41) is 5.83. The number of amides is 3. The number of carbonyl (C=O) groups is 3. The van der Waals surface area contributed by atoms with Crippen molar-refractivity contribution in [1.29, 1.82) is 0 Å². The van der Waals surface area contributed by atoms with Crippen molar-refractivity contribution in [3.05, 3.63) is 35.9 Å². The molecule has 3 amide bonds. The lowest BCUT2D eigenvalue weighted by atomic mass is 10.0. The molecule has 0 heterocycles. The summed E-state index contributed by atoms with van der Waals surface area (Å²) in [4.78, 5) is 41.4. The second-order valence-corrected chi connectivity index (χ2v) is 10.5. The van der Waals surface area contributed by atoms with Crippen LogP contribution < -0.4 is 10.6 Å². The van der Waals surface area contributed by atoms with Crippen LogP contribution in [0.2, 0.25) is 0 Å². The van der Waals surface area contributed by atoms with Gasteiger partial charge >= 0.3 is 6.09 Å². The topological polar surface area (TPSA) is 87.7 Å². The Balaban J connectivity index is 3.31. The molecule has 1 aromatic rings. The lowest BCUT2D eigenvalue weighted by molar-refractivity contribution is -0.142. The van der Waals surface area contributed by atoms with Crippen LogP contribution in [0.25, 0.3) is 0 Å². The molecule has 3 atom stereocenters. The Morgan fingerprint density at radius 1 is 1.03 bits per heavy atom. The Hall–Kier alpha value is -2.22. The van der Waals surface area contributed by atoms with Gasteiger partial charge in [-0.15, -0.1) is 0 Å². The quantitative estimate of drug-likeness (QED) is 0.407. The molecule has 0 saturated carbocycles. The van der Waals surface area contributed by atoms with E-state index in [2.05, 4.69) is 17.6 Å². The maximum Gasteiger partial charge on any atom is 0.408 e. The first kappa shape index (κ1) is 29.8. The van der Waals surface area contributed by atoms with Crippen LogP contribution >= 0.6 is 11.8 Å². The number of ether oxygens (including phenoxy) is 1. The Morgan fingerprint density at radius 2 is 1.68 bits per heavy atom. The predicted molar refractivity (Wildman–Crippen MR) is 140 cm³/mol. The molecule has 0 radical (unpaired) electrons. The molecule has 1 aromatic carbocycles. The SMILES string of the molecule is CCCC(C)NC(=O)C(c1ccccc1)N(CCC)C(=O)C(CCSC)NC(=O)OC(C)(C)C. The molecule has 3 unspecified atom stereocenters. The van der Waals surface area contributed by atoms with Crippen molar-refractivity contribution in [2.75, 3.05) is 18.6 Å². The van der Waals surface area contributed by atoms with E-state index in [4.69, 9.17) is 4.74 Å². The molecule has 0 spiro atoms. The van der Waals surface area contributed by atoms with Crippen LogP contribution in [0.5, 0.6) is 0 Å². The van der Waals surface area contributed by atoms with Crippen molar-refractivity contribution >= 4 is 29.7 Å². The van der Waals surface area contributed by atoms with Crippen LogP contribution in [0.15, 0.2) is 30.3 Å². The van der Waals surface area contributed by atoms with E-state index in [0.717, 1.165) is 18.4 Å². The molecule has 0 bridgehead atoms. The summed E-state index contributed by atoms with van der Waals surface area (Å²) >= 11 is 1.60. The second-order valence-electron chi connectivity index (χ2n) is 9.52. The van der Waals surface area contributed by atoms with Gasteiger partial charge in [-0.05, 0) is 64.5 Å². The van der Waals surface area contributed by atoms with Crippen LogP contribution in [0.1, 0.15) is 78.8 Å². The van der Waals surface area contributed by atoms with Crippen molar-refractivity contribution in [3.63, 3.8) is 0 Å². The van der Waals surface area contributed by atoms with Gasteiger partial charge in [-0.1, -0.05) is 50.6 Å². The normalized spacial score (nSPS) is 14.0. The van der Waals surface area contributed by atoms with Crippen LogP contribution in [-0.2, 0) is 14.3 Å². The van der Waals surface area contributed by atoms with E-state index >= 15 is 0 Å². The van der Waals surface area contributed by atoms with Gasteiger partial charge in [0, 0.05) is 12.6 Å². The molecular weight excluding hydrogens is 450 g/mol. The largest absolute Gasteiger partial charge is 0.444 e. The first-order valence-corrected chi connectivity index (χ1v) is 13.6. The van der Waals surface area contributed by atoms with E-state index in [-0.39, 0.29) is 17.9 Å². The van der Waals surface area contributed by atoms with E-state index in [1.807, 2.05) is 50.4 Å². The average molecular weight is 494 g/mol. The maximum atomic E-state index is 13.8. The van der Waals surface area contributed by atoms with Crippen LogP contribution in [-0.4, -0.2) is 59.0 Å². The summed E-state index contributed by atoms with van der Waals surface area (Å²) < 4.78 is 5.40. The molecule has 0 aliphatic carbocycles. The van der Waals surface area contributed by atoms with Gasteiger partial charge in [-0.25, -0.2) is 4.79 Å². The van der Waals surface area contributed by atoms with Gasteiger partial charge in [-0.2, -0.15) is 11.8 Å². The standard InChI is InChI=1S/C26H43N3O4S/c1-8-13-19(3)27-23(30)22(20-14-11-10-12-15-20)29(17-9-2)24(31)21(16-18-34-7)28-25(32)33-26(4,5)6/h10-12,14-15,19,21-22H,8-9,13,16-18H2,1-7H3,(H,27,30)(H,28,32). The summed E-state index contributed by atoms with van der Waals surface area (Å²) in [6.07, 6.45) is 4.23. The fraction of sp³-hybridized carbons (Fsp3) is 0.654. The monoisotopic (exact) mass is 493 g/mol. The highest BCUT2D eigenvalue weighted by Gasteiger charge is 2.36. The maximum absolute atomic E-state index is 13.8. The van der Waals surface area contributed by atoms with Gasteiger partial charge in [0.1, 0.15) is 17.7 Å². The summed E-state index contributed by atoms with van der Waals surface area (Å²) in [5.74, 6) is 0.186. The van der Waals surface area contributed by atoms with E-state index in [1.165, 1.54) is 0 Å². The van der Waals surface area contributed by atoms with Crippen molar-refractivity contribution in [3.8, 4) is 0 Å². The number of alkyl carbamates (subject to hydrolysis) is 1. The van der Waals surface area contributed by atoms with E-state index in [0.29, 0.717) is 25.1 Å². The van der Waals surface area contributed by atoms with Crippen molar-refractivity contribution in [1.82, 2.24) is 15.5 Å². The van der Waals surface area contributed by atoms with Gasteiger partial charge < -0.3 is 20.3 Å². The zero-order valence-corrected chi connectivity index (χ0v) is 22.7. The number of rotatable bonds is 13. The van der Waals surface area contributed by atoms with Crippen molar-refractivity contribution < 1.29 is 19.1 Å². The van der Waals surface area contributed by atoms with E-state index in [1.54, 1.807) is 37.4 Å². The molecule has 2 N–H and O–H groups in total. The molecule has 34 heavy (non-hydrogen) atoms. The van der Waals surface area contributed by atoms with Gasteiger partial charge in [-0.3, -0.25) is 9.59 Å². The Labute approximate surface area is 209 Å². The molecular formula is C26H43N3O4S. The van der Waals surface area contributed by atoms with E-state index in [9.17, 15) is 14.4 Å². The Bertz CT molecular complexity index is 767. The van der Waals surface area contributed by atoms with Gasteiger partial charge in [0.05, 0.1) is 0 Å². The smallest absolute Gasteiger partial charge is 0.408 e. The molecule has 0 aromatic heterocycles. The molecule has 7 nitrogen and oxygen atoms in total. The second kappa shape index (κ2) is 14.9. The molecule has 8 heteroatoms.